The smallest absolute Gasteiger partial charge is 0.221 e. The third-order valence-corrected chi connectivity index (χ3v) is 7.69. The van der Waals surface area contributed by atoms with E-state index < -0.39 is 0 Å². The average Bonchev–Trinajstić information content (AvgIpc) is 3.22. The molecule has 9 heteroatoms. The lowest BCUT2D eigenvalue weighted by Gasteiger charge is -2.36. The molecule has 0 atom stereocenters. The van der Waals surface area contributed by atoms with E-state index >= 15 is 0 Å². The van der Waals surface area contributed by atoms with E-state index in [1.165, 1.54) is 11.1 Å². The molecule has 4 aromatic rings. The minimum atomic E-state index is 0.0863. The molecule has 0 spiro atoms. The van der Waals surface area contributed by atoms with Gasteiger partial charge in [-0.2, -0.15) is 0 Å². The molecule has 0 bridgehead atoms. The van der Waals surface area contributed by atoms with Gasteiger partial charge in [-0.1, -0.05) is 67.9 Å². The second-order valence-corrected chi connectivity index (χ2v) is 10.5. The van der Waals surface area contributed by atoms with Crippen molar-refractivity contribution in [3.05, 3.63) is 82.9 Å². The van der Waals surface area contributed by atoms with Crippen molar-refractivity contribution in [3.63, 3.8) is 0 Å². The quantitative estimate of drug-likeness (QED) is 0.182. The largest absolute Gasteiger partial charge is 0.493 e. The first-order chi connectivity index (χ1) is 19.0. The lowest BCUT2D eigenvalue weighted by Crippen LogP contribution is -2.46. The number of rotatable bonds is 7. The Labute approximate surface area is 239 Å². The van der Waals surface area contributed by atoms with Crippen molar-refractivity contribution < 1.29 is 5.11 Å². The molecule has 0 radical (unpaired) electrons. The highest BCUT2D eigenvalue weighted by atomic mass is 35.5. The van der Waals surface area contributed by atoms with Gasteiger partial charge in [0.2, 0.25) is 11.0 Å². The summed E-state index contributed by atoms with van der Waals surface area (Å²) in [5, 5.41) is 25.1. The van der Waals surface area contributed by atoms with Crippen LogP contribution in [0.2, 0.25) is 5.02 Å². The maximum Gasteiger partial charge on any atom is 0.221 e. The van der Waals surface area contributed by atoms with E-state index in [1.807, 2.05) is 47.0 Å². The molecule has 1 aromatic heterocycles. The molecule has 3 aromatic carbocycles. The number of hydrogen-bond acceptors (Lipinski definition) is 5. The fraction of sp³-hybridized carbons (Fsp3) is 0.300. The van der Waals surface area contributed by atoms with Crippen molar-refractivity contribution in [2.75, 3.05) is 36.4 Å². The number of aryl methyl sites for hydroxylation is 2. The van der Waals surface area contributed by atoms with Gasteiger partial charge < -0.3 is 15.3 Å². The van der Waals surface area contributed by atoms with Crippen LogP contribution < -0.4 is 10.2 Å². The van der Waals surface area contributed by atoms with Gasteiger partial charge in [0.05, 0.1) is 12.2 Å². The van der Waals surface area contributed by atoms with E-state index in [-0.39, 0.29) is 11.0 Å². The first-order valence-electron chi connectivity index (χ1n) is 13.3. The van der Waals surface area contributed by atoms with E-state index in [1.54, 1.807) is 0 Å². The van der Waals surface area contributed by atoms with Crippen molar-refractivity contribution in [2.45, 2.75) is 33.4 Å². The van der Waals surface area contributed by atoms with Crippen molar-refractivity contribution in [2.24, 2.45) is 10.2 Å². The van der Waals surface area contributed by atoms with Crippen LogP contribution in [0, 0.1) is 0 Å². The summed E-state index contributed by atoms with van der Waals surface area (Å²) in [7, 11) is 0. The highest BCUT2D eigenvalue weighted by molar-refractivity contribution is 7.80. The number of nitrogens with zero attached hydrogens (tertiary/aromatic N) is 5. The fourth-order valence-corrected chi connectivity index (χ4v) is 5.49. The first kappa shape index (κ1) is 27.1. The number of hydrogen-bond donors (Lipinski definition) is 2. The zero-order valence-corrected chi connectivity index (χ0v) is 23.8. The maximum absolute atomic E-state index is 11.3. The summed E-state index contributed by atoms with van der Waals surface area (Å²) in [5.41, 5.74) is 5.83. The van der Waals surface area contributed by atoms with Crippen LogP contribution in [0.4, 0.5) is 17.1 Å². The van der Waals surface area contributed by atoms with Crippen LogP contribution in [0.25, 0.3) is 10.9 Å². The van der Waals surface area contributed by atoms with Crippen LogP contribution in [0.15, 0.2) is 77.0 Å². The monoisotopic (exact) mass is 560 g/mol. The third-order valence-electron chi connectivity index (χ3n) is 7.28. The van der Waals surface area contributed by atoms with Gasteiger partial charge in [0, 0.05) is 48.0 Å². The standard InChI is InChI=1S/C30H33ClN6OS/c1-3-21-9-7-10-22(4-2)27(21)32-30(39)34-33-28-25-13-5-6-14-26(25)37(29(28)38)20-35-15-17-36(18-16-35)24-12-8-11-23(31)19-24/h5-14,19,38H,3-4,15-18,20H2,1-2H3,(H,32,39). The van der Waals surface area contributed by atoms with Crippen molar-refractivity contribution in [1.82, 2.24) is 9.47 Å². The van der Waals surface area contributed by atoms with E-state index in [9.17, 15) is 5.11 Å². The minimum absolute atomic E-state index is 0.0863. The molecule has 2 N–H and O–H groups in total. The lowest BCUT2D eigenvalue weighted by atomic mass is 10.0. The number of aromatic hydroxyl groups is 1. The predicted octanol–water partition coefficient (Wildman–Crippen LogP) is 7.39. The van der Waals surface area contributed by atoms with Crippen LogP contribution in [-0.4, -0.2) is 45.9 Å². The fourth-order valence-electron chi connectivity index (χ4n) is 5.16. The number of halogens is 1. The Morgan fingerprint density at radius 2 is 1.64 bits per heavy atom. The van der Waals surface area contributed by atoms with Gasteiger partial charge in [0.25, 0.3) is 0 Å². The number of fused-ring (bicyclic) bond motifs is 1. The Morgan fingerprint density at radius 1 is 0.949 bits per heavy atom. The SMILES string of the molecule is CCc1cccc(CC)c1NC(=S)N=Nc1c(O)n(CN2CCN(c3cccc(Cl)c3)CC2)c2ccccc12. The van der Waals surface area contributed by atoms with Crippen LogP contribution >= 0.6 is 23.8 Å². The molecule has 0 unspecified atom stereocenters. The van der Waals surface area contributed by atoms with Gasteiger partial charge in [-0.3, -0.25) is 9.47 Å². The second-order valence-electron chi connectivity index (χ2n) is 9.63. The number of aromatic nitrogens is 1. The molecule has 0 aliphatic carbocycles. The molecule has 202 valence electrons. The van der Waals surface area contributed by atoms with Gasteiger partial charge in [0.1, 0.15) is 0 Å². The van der Waals surface area contributed by atoms with Gasteiger partial charge >= 0.3 is 0 Å². The molecule has 2 heterocycles. The van der Waals surface area contributed by atoms with Gasteiger partial charge in [0.15, 0.2) is 5.69 Å². The molecule has 5 rings (SSSR count). The Balaban J connectivity index is 1.33. The summed E-state index contributed by atoms with van der Waals surface area (Å²) in [4.78, 5) is 4.67. The molecular weight excluding hydrogens is 528 g/mol. The lowest BCUT2D eigenvalue weighted by molar-refractivity contribution is 0.200. The molecular formula is C30H33ClN6OS. The average molecular weight is 561 g/mol. The number of azo groups is 1. The number of thiocarbonyl (C=S) groups is 1. The number of para-hydroxylation sites is 2. The zero-order chi connectivity index (χ0) is 27.4. The normalized spacial score (nSPS) is 14.4. The molecule has 39 heavy (non-hydrogen) atoms. The molecule has 7 nitrogen and oxygen atoms in total. The van der Waals surface area contributed by atoms with E-state index in [2.05, 4.69) is 63.5 Å². The van der Waals surface area contributed by atoms with Gasteiger partial charge in [-0.05, 0) is 60.5 Å². The minimum Gasteiger partial charge on any atom is -0.493 e. The van der Waals surface area contributed by atoms with Crippen LogP contribution in [0.5, 0.6) is 5.88 Å². The first-order valence-corrected chi connectivity index (χ1v) is 14.1. The van der Waals surface area contributed by atoms with Gasteiger partial charge in [-0.15, -0.1) is 10.2 Å². The highest BCUT2D eigenvalue weighted by Crippen LogP contribution is 2.39. The van der Waals surface area contributed by atoms with Crippen LogP contribution in [-0.2, 0) is 19.5 Å². The summed E-state index contributed by atoms with van der Waals surface area (Å²) < 4.78 is 1.90. The number of anilines is 2. The Hall–Kier alpha value is -3.46. The molecule has 0 amide bonds. The number of benzene rings is 3. The highest BCUT2D eigenvalue weighted by Gasteiger charge is 2.22. The molecule has 1 aliphatic heterocycles. The van der Waals surface area contributed by atoms with E-state index in [0.717, 1.165) is 66.3 Å². The molecule has 1 saturated heterocycles. The Bertz CT molecular complexity index is 1490. The zero-order valence-electron chi connectivity index (χ0n) is 22.3. The van der Waals surface area contributed by atoms with Crippen molar-refractivity contribution in [1.29, 1.82) is 0 Å². The van der Waals surface area contributed by atoms with Crippen LogP contribution in [0.3, 0.4) is 0 Å². The molecule has 1 fully saturated rings. The summed E-state index contributed by atoms with van der Waals surface area (Å²) in [6, 6.07) is 22.1. The Kier molecular flexibility index (Phi) is 8.45. The number of piperazine rings is 1. The molecule has 1 aliphatic rings. The summed E-state index contributed by atoms with van der Waals surface area (Å²) in [6.07, 6.45) is 1.77. The summed E-state index contributed by atoms with van der Waals surface area (Å²) in [6.45, 7) is 8.28. The van der Waals surface area contributed by atoms with Gasteiger partial charge in [-0.25, -0.2) is 0 Å². The number of nitrogens with one attached hydrogen (secondary N) is 1. The Morgan fingerprint density at radius 3 is 2.33 bits per heavy atom. The third kappa shape index (κ3) is 5.93. The van der Waals surface area contributed by atoms with Crippen molar-refractivity contribution in [3.8, 4) is 5.88 Å². The van der Waals surface area contributed by atoms with E-state index in [0.29, 0.717) is 12.4 Å². The van der Waals surface area contributed by atoms with Crippen LogP contribution in [0.1, 0.15) is 25.0 Å². The molecule has 0 saturated carbocycles. The maximum atomic E-state index is 11.3. The summed E-state index contributed by atoms with van der Waals surface area (Å²) in [5.74, 6) is 0.0863. The summed E-state index contributed by atoms with van der Waals surface area (Å²) >= 11 is 11.7. The predicted molar refractivity (Wildman–Crippen MR) is 165 cm³/mol. The topological polar surface area (TPSA) is 68.4 Å². The van der Waals surface area contributed by atoms with Crippen molar-refractivity contribution >= 4 is 56.9 Å². The second kappa shape index (κ2) is 12.2. The van der Waals surface area contributed by atoms with E-state index in [4.69, 9.17) is 23.8 Å².